The summed E-state index contributed by atoms with van der Waals surface area (Å²) in [5.41, 5.74) is 2.56. The highest BCUT2D eigenvalue weighted by Gasteiger charge is 2.12. The van der Waals surface area contributed by atoms with Gasteiger partial charge in [0.15, 0.2) is 17.3 Å². The predicted molar refractivity (Wildman–Crippen MR) is 134 cm³/mol. The molecule has 1 N–H and O–H groups in total. The van der Waals surface area contributed by atoms with E-state index in [0.717, 1.165) is 33.7 Å². The lowest BCUT2D eigenvalue weighted by atomic mass is 10.1. The second-order valence-corrected chi connectivity index (χ2v) is 7.55. The largest absolute Gasteiger partial charge is 0.493 e. The Hall–Kier alpha value is -4.58. The summed E-state index contributed by atoms with van der Waals surface area (Å²) in [6.45, 7) is 0. The molecule has 0 aliphatic carbocycles. The van der Waals surface area contributed by atoms with Gasteiger partial charge in [0.25, 0.3) is 0 Å². The van der Waals surface area contributed by atoms with E-state index < -0.39 is 0 Å². The average Bonchev–Trinajstić information content (AvgIpc) is 2.90. The molecule has 6 nitrogen and oxygen atoms in total. The van der Waals surface area contributed by atoms with Crippen LogP contribution in [0, 0.1) is 0 Å². The van der Waals surface area contributed by atoms with Gasteiger partial charge in [0.1, 0.15) is 17.3 Å². The van der Waals surface area contributed by atoms with Crippen LogP contribution in [0.2, 0.25) is 0 Å². The van der Waals surface area contributed by atoms with Crippen LogP contribution >= 0.6 is 0 Å². The zero-order chi connectivity index (χ0) is 23.3. The van der Waals surface area contributed by atoms with Crippen LogP contribution in [0.5, 0.6) is 23.0 Å². The quantitative estimate of drug-likeness (QED) is 0.293. The Bertz CT molecular complexity index is 1420. The lowest BCUT2D eigenvalue weighted by molar-refractivity contribution is 0.355. The van der Waals surface area contributed by atoms with Crippen molar-refractivity contribution < 1.29 is 14.2 Å². The molecular weight excluding hydrogens is 426 g/mol. The number of anilines is 2. The summed E-state index contributed by atoms with van der Waals surface area (Å²) in [6.07, 6.45) is 0. The van der Waals surface area contributed by atoms with Gasteiger partial charge in [-0.1, -0.05) is 30.3 Å². The number of para-hydroxylation sites is 2. The Balaban J connectivity index is 1.47. The molecule has 1 heterocycles. The van der Waals surface area contributed by atoms with Gasteiger partial charge in [-0.2, -0.15) is 0 Å². The molecule has 0 bridgehead atoms. The van der Waals surface area contributed by atoms with E-state index in [1.165, 1.54) is 0 Å². The Morgan fingerprint density at radius 3 is 2.12 bits per heavy atom. The van der Waals surface area contributed by atoms with E-state index in [1.54, 1.807) is 14.2 Å². The molecule has 168 valence electrons. The van der Waals surface area contributed by atoms with Gasteiger partial charge < -0.3 is 19.5 Å². The molecule has 0 aliphatic rings. The first-order valence-electron chi connectivity index (χ1n) is 10.8. The molecule has 0 amide bonds. The number of fused-ring (bicyclic) bond motifs is 1. The third-order valence-corrected chi connectivity index (χ3v) is 5.34. The molecule has 5 aromatic rings. The number of rotatable bonds is 7. The summed E-state index contributed by atoms with van der Waals surface area (Å²) in [6, 6.07) is 31.1. The summed E-state index contributed by atoms with van der Waals surface area (Å²) in [4.78, 5) is 9.61. The molecule has 34 heavy (non-hydrogen) atoms. The van der Waals surface area contributed by atoms with Crippen LogP contribution in [0.25, 0.3) is 22.3 Å². The zero-order valence-corrected chi connectivity index (χ0v) is 18.9. The molecule has 0 spiro atoms. The van der Waals surface area contributed by atoms with E-state index in [4.69, 9.17) is 24.2 Å². The van der Waals surface area contributed by atoms with Gasteiger partial charge in [0.2, 0.25) is 0 Å². The fraction of sp³-hybridized carbons (Fsp3) is 0.0714. The lowest BCUT2D eigenvalue weighted by Crippen LogP contribution is -2.00. The van der Waals surface area contributed by atoms with Crippen LogP contribution in [0.1, 0.15) is 0 Å². The minimum absolute atomic E-state index is 0.589. The molecule has 6 heteroatoms. The highest BCUT2D eigenvalue weighted by molar-refractivity contribution is 5.92. The van der Waals surface area contributed by atoms with Gasteiger partial charge in [-0.3, -0.25) is 0 Å². The minimum Gasteiger partial charge on any atom is -0.493 e. The number of nitrogens with one attached hydrogen (secondary N) is 1. The highest BCUT2D eigenvalue weighted by atomic mass is 16.5. The second-order valence-electron chi connectivity index (χ2n) is 7.55. The van der Waals surface area contributed by atoms with Crippen molar-refractivity contribution >= 4 is 22.4 Å². The van der Waals surface area contributed by atoms with Crippen LogP contribution in [-0.4, -0.2) is 24.2 Å². The Morgan fingerprint density at radius 2 is 1.35 bits per heavy atom. The zero-order valence-electron chi connectivity index (χ0n) is 18.9. The second kappa shape index (κ2) is 9.50. The fourth-order valence-electron chi connectivity index (χ4n) is 3.64. The van der Waals surface area contributed by atoms with Crippen molar-refractivity contribution in [3.63, 3.8) is 0 Å². The van der Waals surface area contributed by atoms with Crippen LogP contribution in [0.15, 0.2) is 97.1 Å². The minimum atomic E-state index is 0.589. The Kier molecular flexibility index (Phi) is 5.95. The number of ether oxygens (including phenoxy) is 3. The molecule has 0 radical (unpaired) electrons. The van der Waals surface area contributed by atoms with E-state index in [9.17, 15) is 0 Å². The molecule has 1 aromatic heterocycles. The number of benzene rings is 4. The Labute approximate surface area is 197 Å². The molecular formula is C28H23N3O3. The first kappa shape index (κ1) is 21.3. The predicted octanol–water partition coefficient (Wildman–Crippen LogP) is 6.85. The molecule has 0 saturated heterocycles. The highest BCUT2D eigenvalue weighted by Crippen LogP contribution is 2.33. The maximum Gasteiger partial charge on any atom is 0.162 e. The van der Waals surface area contributed by atoms with E-state index in [1.807, 2.05) is 97.1 Å². The molecule has 5 rings (SSSR count). The third-order valence-electron chi connectivity index (χ3n) is 5.34. The number of aromatic nitrogens is 2. The van der Waals surface area contributed by atoms with Gasteiger partial charge in [-0.15, -0.1) is 0 Å². The van der Waals surface area contributed by atoms with Crippen molar-refractivity contribution in [1.82, 2.24) is 9.97 Å². The number of hydrogen-bond donors (Lipinski definition) is 1. The summed E-state index contributed by atoms with van der Waals surface area (Å²) in [7, 11) is 3.23. The van der Waals surface area contributed by atoms with Gasteiger partial charge in [-0.05, 0) is 66.7 Å². The van der Waals surface area contributed by atoms with Crippen molar-refractivity contribution in [3.8, 4) is 34.4 Å². The summed E-state index contributed by atoms with van der Waals surface area (Å²) in [5.74, 6) is 4.14. The van der Waals surface area contributed by atoms with E-state index >= 15 is 0 Å². The SMILES string of the molecule is COc1ccc(-c2nc(Nc3ccc(Oc4ccccc4)cc3)c3ccccc3n2)cc1OC. The van der Waals surface area contributed by atoms with Gasteiger partial charge in [0, 0.05) is 16.6 Å². The van der Waals surface area contributed by atoms with Crippen molar-refractivity contribution in [2.45, 2.75) is 0 Å². The van der Waals surface area contributed by atoms with Crippen LogP contribution < -0.4 is 19.5 Å². The topological polar surface area (TPSA) is 65.5 Å². The van der Waals surface area contributed by atoms with Gasteiger partial charge in [-0.25, -0.2) is 9.97 Å². The molecule has 0 fully saturated rings. The maximum absolute atomic E-state index is 5.90. The Morgan fingerprint density at radius 1 is 0.647 bits per heavy atom. The standard InChI is InChI=1S/C28H23N3O3/c1-32-25-17-12-19(18-26(25)33-2)27-30-24-11-7-6-10-23(24)28(31-27)29-20-13-15-22(16-14-20)34-21-8-4-3-5-9-21/h3-18H,1-2H3,(H,29,30,31). The van der Waals surface area contributed by atoms with Crippen LogP contribution in [-0.2, 0) is 0 Å². The van der Waals surface area contributed by atoms with E-state index in [2.05, 4.69) is 5.32 Å². The van der Waals surface area contributed by atoms with E-state index in [-0.39, 0.29) is 0 Å². The smallest absolute Gasteiger partial charge is 0.162 e. The lowest BCUT2D eigenvalue weighted by Gasteiger charge is -2.13. The number of methoxy groups -OCH3 is 2. The number of hydrogen-bond acceptors (Lipinski definition) is 6. The van der Waals surface area contributed by atoms with Crippen LogP contribution in [0.4, 0.5) is 11.5 Å². The van der Waals surface area contributed by atoms with Crippen molar-refractivity contribution in [1.29, 1.82) is 0 Å². The molecule has 0 aliphatic heterocycles. The molecule has 0 saturated carbocycles. The monoisotopic (exact) mass is 449 g/mol. The van der Waals surface area contributed by atoms with Crippen LogP contribution in [0.3, 0.4) is 0 Å². The first-order valence-corrected chi connectivity index (χ1v) is 10.8. The first-order chi connectivity index (χ1) is 16.7. The fourth-order valence-corrected chi connectivity index (χ4v) is 3.64. The van der Waals surface area contributed by atoms with Gasteiger partial charge >= 0.3 is 0 Å². The summed E-state index contributed by atoms with van der Waals surface area (Å²) < 4.78 is 16.7. The van der Waals surface area contributed by atoms with Gasteiger partial charge in [0.05, 0.1) is 19.7 Å². The molecule has 0 atom stereocenters. The average molecular weight is 450 g/mol. The van der Waals surface area contributed by atoms with Crippen molar-refractivity contribution in [3.05, 3.63) is 97.1 Å². The molecule has 4 aromatic carbocycles. The number of nitrogens with zero attached hydrogens (tertiary/aromatic N) is 2. The van der Waals surface area contributed by atoms with Crippen molar-refractivity contribution in [2.75, 3.05) is 19.5 Å². The molecule has 0 unspecified atom stereocenters. The van der Waals surface area contributed by atoms with E-state index in [0.29, 0.717) is 23.1 Å². The summed E-state index contributed by atoms with van der Waals surface area (Å²) >= 11 is 0. The van der Waals surface area contributed by atoms with Crippen molar-refractivity contribution in [2.24, 2.45) is 0 Å². The summed E-state index contributed by atoms with van der Waals surface area (Å²) in [5, 5.41) is 4.36. The third kappa shape index (κ3) is 4.47. The maximum atomic E-state index is 5.90. The normalized spacial score (nSPS) is 10.6.